The van der Waals surface area contributed by atoms with Gasteiger partial charge in [-0.15, -0.1) is 11.3 Å². The summed E-state index contributed by atoms with van der Waals surface area (Å²) in [7, 11) is 0. The molecule has 1 unspecified atom stereocenters. The Balaban J connectivity index is 1.67. The largest absolute Gasteiger partial charge is 0.389 e. The van der Waals surface area contributed by atoms with Gasteiger partial charge in [-0.2, -0.15) is 0 Å². The van der Waals surface area contributed by atoms with Gasteiger partial charge in [-0.05, 0) is 58.9 Å². The van der Waals surface area contributed by atoms with E-state index in [-0.39, 0.29) is 0 Å². The minimum atomic E-state index is -0.646. The molecule has 0 radical (unpaired) electrons. The molecule has 26 heavy (non-hydrogen) atoms. The Morgan fingerprint density at radius 1 is 1.19 bits per heavy atom. The van der Waals surface area contributed by atoms with Gasteiger partial charge in [-0.1, -0.05) is 0 Å². The molecular formula is C20H30N4OS. The predicted molar refractivity (Wildman–Crippen MR) is 108 cm³/mol. The molecule has 0 spiro atoms. The molecule has 1 aliphatic carbocycles. The number of rotatable bonds is 3. The van der Waals surface area contributed by atoms with Crippen molar-refractivity contribution in [3.05, 3.63) is 16.3 Å². The molecule has 1 N–H and O–H groups in total. The van der Waals surface area contributed by atoms with Crippen LogP contribution in [0.1, 0.15) is 49.9 Å². The van der Waals surface area contributed by atoms with Gasteiger partial charge in [0.1, 0.15) is 16.5 Å². The van der Waals surface area contributed by atoms with E-state index in [4.69, 9.17) is 9.97 Å². The first-order chi connectivity index (χ1) is 12.3. The maximum absolute atomic E-state index is 10.1. The summed E-state index contributed by atoms with van der Waals surface area (Å²) in [6, 6.07) is 0.378. The third-order valence-electron chi connectivity index (χ3n) is 5.50. The van der Waals surface area contributed by atoms with Gasteiger partial charge >= 0.3 is 0 Å². The second kappa shape index (κ2) is 6.73. The smallest absolute Gasteiger partial charge is 0.141 e. The molecule has 2 aromatic rings. The minimum absolute atomic E-state index is 0.378. The van der Waals surface area contributed by atoms with Crippen molar-refractivity contribution in [2.45, 2.75) is 65.0 Å². The van der Waals surface area contributed by atoms with Crippen molar-refractivity contribution in [1.82, 2.24) is 14.9 Å². The molecule has 1 saturated heterocycles. The van der Waals surface area contributed by atoms with Crippen molar-refractivity contribution in [2.75, 3.05) is 31.1 Å². The van der Waals surface area contributed by atoms with Crippen LogP contribution >= 0.6 is 11.3 Å². The van der Waals surface area contributed by atoms with Gasteiger partial charge in [0.25, 0.3) is 0 Å². The maximum atomic E-state index is 10.1. The van der Waals surface area contributed by atoms with Gasteiger partial charge < -0.3 is 10.0 Å². The second-order valence-corrected chi connectivity index (χ2v) is 9.66. The lowest BCUT2D eigenvalue weighted by atomic mass is 9.96. The molecule has 1 fully saturated rings. The number of aliphatic hydroxyl groups is 1. The van der Waals surface area contributed by atoms with Gasteiger partial charge in [-0.25, -0.2) is 9.97 Å². The Hall–Kier alpha value is -1.24. The molecule has 3 heterocycles. The molecule has 0 amide bonds. The van der Waals surface area contributed by atoms with Crippen LogP contribution in [0.2, 0.25) is 0 Å². The molecule has 142 valence electrons. The van der Waals surface area contributed by atoms with Crippen molar-refractivity contribution in [3.8, 4) is 0 Å². The maximum Gasteiger partial charge on any atom is 0.141 e. The summed E-state index contributed by atoms with van der Waals surface area (Å²) in [5, 5.41) is 11.5. The number of aromatic nitrogens is 2. The number of thiophene rings is 1. The van der Waals surface area contributed by atoms with Crippen molar-refractivity contribution >= 4 is 27.4 Å². The molecule has 0 bridgehead atoms. The summed E-state index contributed by atoms with van der Waals surface area (Å²) in [6.07, 6.45) is 4.94. The Bertz CT molecular complexity index is 810. The first-order valence-electron chi connectivity index (χ1n) is 9.82. The lowest BCUT2D eigenvalue weighted by Crippen LogP contribution is -2.55. The van der Waals surface area contributed by atoms with Gasteiger partial charge in [0.05, 0.1) is 11.0 Å². The van der Waals surface area contributed by atoms with Gasteiger partial charge in [-0.3, -0.25) is 4.90 Å². The molecule has 1 atom stereocenters. The van der Waals surface area contributed by atoms with Crippen LogP contribution in [-0.4, -0.2) is 57.8 Å². The summed E-state index contributed by atoms with van der Waals surface area (Å²) in [5.74, 6) is 2.01. The van der Waals surface area contributed by atoms with E-state index in [0.29, 0.717) is 6.04 Å². The fourth-order valence-electron chi connectivity index (χ4n) is 4.49. The molecule has 6 heteroatoms. The Morgan fingerprint density at radius 3 is 2.69 bits per heavy atom. The third-order valence-corrected chi connectivity index (χ3v) is 6.69. The molecule has 0 aromatic carbocycles. The Labute approximate surface area is 160 Å². The van der Waals surface area contributed by atoms with E-state index in [1.807, 2.05) is 32.1 Å². The van der Waals surface area contributed by atoms with Gasteiger partial charge in [0.2, 0.25) is 0 Å². The zero-order chi connectivity index (χ0) is 18.5. The summed E-state index contributed by atoms with van der Waals surface area (Å²) in [4.78, 5) is 17.2. The van der Waals surface area contributed by atoms with Crippen molar-refractivity contribution < 1.29 is 5.11 Å². The average molecular weight is 375 g/mol. The molecule has 2 aromatic heterocycles. The van der Waals surface area contributed by atoms with Crippen LogP contribution in [0.3, 0.4) is 0 Å². The molecular weight excluding hydrogens is 344 g/mol. The first-order valence-corrected chi connectivity index (χ1v) is 10.6. The van der Waals surface area contributed by atoms with Crippen molar-refractivity contribution in [2.24, 2.45) is 0 Å². The minimum Gasteiger partial charge on any atom is -0.389 e. The predicted octanol–water partition coefficient (Wildman–Crippen LogP) is 3.16. The SMILES string of the molecule is Cc1nc(N2CCN(CC(C)(C)O)CC2C)c2c3c(sc2n1)CCCC3. The highest BCUT2D eigenvalue weighted by atomic mass is 32.1. The van der Waals surface area contributed by atoms with Crippen LogP contribution in [0.4, 0.5) is 5.82 Å². The van der Waals surface area contributed by atoms with E-state index in [0.717, 1.165) is 37.8 Å². The highest BCUT2D eigenvalue weighted by molar-refractivity contribution is 7.19. The lowest BCUT2D eigenvalue weighted by Gasteiger charge is -2.42. The number of piperazine rings is 1. The fourth-order valence-corrected chi connectivity index (χ4v) is 5.79. The number of aryl methyl sites for hydroxylation is 3. The van der Waals surface area contributed by atoms with E-state index >= 15 is 0 Å². The summed E-state index contributed by atoms with van der Waals surface area (Å²) < 4.78 is 0. The van der Waals surface area contributed by atoms with E-state index in [9.17, 15) is 5.11 Å². The molecule has 5 nitrogen and oxygen atoms in total. The number of fused-ring (bicyclic) bond motifs is 3. The highest BCUT2D eigenvalue weighted by Crippen LogP contribution is 2.40. The summed E-state index contributed by atoms with van der Waals surface area (Å²) >= 11 is 1.88. The number of nitrogens with zero attached hydrogens (tertiary/aromatic N) is 4. The standard InChI is InChI=1S/C20H30N4OS/c1-13-11-23(12-20(3,4)25)9-10-24(13)18-17-15-7-5-6-8-16(15)26-19(17)22-14(2)21-18/h13,25H,5-12H2,1-4H3. The van der Waals surface area contributed by atoms with E-state index in [1.54, 1.807) is 0 Å². The Morgan fingerprint density at radius 2 is 1.96 bits per heavy atom. The number of hydrogen-bond donors (Lipinski definition) is 1. The molecule has 0 saturated carbocycles. The van der Waals surface area contributed by atoms with Gasteiger partial charge in [0, 0.05) is 37.1 Å². The van der Waals surface area contributed by atoms with Crippen LogP contribution in [-0.2, 0) is 12.8 Å². The normalized spacial score (nSPS) is 22.0. The first kappa shape index (κ1) is 18.1. The fraction of sp³-hybridized carbons (Fsp3) is 0.700. The van der Waals surface area contributed by atoms with Crippen molar-refractivity contribution in [3.63, 3.8) is 0 Å². The summed E-state index contributed by atoms with van der Waals surface area (Å²) in [6.45, 7) is 11.7. The van der Waals surface area contributed by atoms with E-state index < -0.39 is 5.60 Å². The van der Waals surface area contributed by atoms with Crippen LogP contribution in [0.5, 0.6) is 0 Å². The Kier molecular flexibility index (Phi) is 4.70. The molecule has 2 aliphatic rings. The summed E-state index contributed by atoms with van der Waals surface area (Å²) in [5.41, 5.74) is 0.866. The zero-order valence-electron chi connectivity index (χ0n) is 16.4. The third kappa shape index (κ3) is 3.47. The lowest BCUT2D eigenvalue weighted by molar-refractivity contribution is 0.0307. The highest BCUT2D eigenvalue weighted by Gasteiger charge is 2.31. The number of anilines is 1. The van der Waals surface area contributed by atoms with Gasteiger partial charge in [0.15, 0.2) is 0 Å². The van der Waals surface area contributed by atoms with E-state index in [1.165, 1.54) is 46.3 Å². The topological polar surface area (TPSA) is 52.5 Å². The quantitative estimate of drug-likeness (QED) is 0.894. The average Bonchev–Trinajstić information content (AvgIpc) is 2.90. The van der Waals surface area contributed by atoms with Crippen LogP contribution in [0, 0.1) is 6.92 Å². The van der Waals surface area contributed by atoms with Crippen LogP contribution in [0.15, 0.2) is 0 Å². The second-order valence-electron chi connectivity index (χ2n) is 8.58. The van der Waals surface area contributed by atoms with Crippen LogP contribution in [0.25, 0.3) is 10.2 Å². The number of β-amino-alcohol motifs (C(OH)–C–C–N with tert-alkyl or cyclic N) is 1. The molecule has 1 aliphatic heterocycles. The monoisotopic (exact) mass is 374 g/mol. The van der Waals surface area contributed by atoms with Crippen LogP contribution < -0.4 is 4.90 Å². The van der Waals surface area contributed by atoms with E-state index in [2.05, 4.69) is 16.7 Å². The number of hydrogen-bond acceptors (Lipinski definition) is 6. The van der Waals surface area contributed by atoms with Crippen molar-refractivity contribution in [1.29, 1.82) is 0 Å². The zero-order valence-corrected chi connectivity index (χ0v) is 17.2. The molecule has 4 rings (SSSR count).